The van der Waals surface area contributed by atoms with Gasteiger partial charge in [0, 0.05) is 37.6 Å². The van der Waals surface area contributed by atoms with E-state index in [1.54, 1.807) is 37.6 Å². The van der Waals surface area contributed by atoms with Crippen LogP contribution in [0.5, 0.6) is 0 Å². The number of hydrogen-bond donors (Lipinski definition) is 2. The highest BCUT2D eigenvalue weighted by molar-refractivity contribution is 5.97. The van der Waals surface area contributed by atoms with Gasteiger partial charge in [-0.1, -0.05) is 0 Å². The minimum atomic E-state index is -0.688. The molecular formula is C17H19N5O3. The standard InChI is InChI=1S/C17H19N5O3/c1-2-22-14-5-4-12(10-13(14)20-16(24)17(22)25)15(23)19-6-3-8-21-9-7-18-11-21/h4-5,7,9-11H,2-3,6,8H2,1H3,(H,19,23)(H,20,24). The molecule has 0 aliphatic heterocycles. The summed E-state index contributed by atoms with van der Waals surface area (Å²) < 4.78 is 3.33. The Morgan fingerprint density at radius 2 is 2.16 bits per heavy atom. The first-order chi connectivity index (χ1) is 12.1. The van der Waals surface area contributed by atoms with Gasteiger partial charge >= 0.3 is 11.1 Å². The Labute approximate surface area is 143 Å². The third kappa shape index (κ3) is 3.52. The van der Waals surface area contributed by atoms with Crippen molar-refractivity contribution in [3.63, 3.8) is 0 Å². The molecule has 8 nitrogen and oxygen atoms in total. The van der Waals surface area contributed by atoms with Crippen LogP contribution in [0.15, 0.2) is 46.5 Å². The Balaban J connectivity index is 1.72. The zero-order chi connectivity index (χ0) is 17.8. The largest absolute Gasteiger partial charge is 0.352 e. The first kappa shape index (κ1) is 16.7. The SMILES string of the molecule is CCn1c(=O)c(=O)[nH]c2cc(C(=O)NCCCn3ccnc3)ccc21. The Kier molecular flexibility index (Phi) is 4.78. The van der Waals surface area contributed by atoms with Gasteiger partial charge < -0.3 is 19.4 Å². The average Bonchev–Trinajstić information content (AvgIpc) is 3.13. The molecule has 1 amide bonds. The number of carbonyl (C=O) groups excluding carboxylic acids is 1. The smallest absolute Gasteiger partial charge is 0.316 e. The second-order valence-corrected chi connectivity index (χ2v) is 5.65. The first-order valence-corrected chi connectivity index (χ1v) is 8.11. The van der Waals surface area contributed by atoms with Crippen molar-refractivity contribution in [1.82, 2.24) is 24.4 Å². The number of amides is 1. The summed E-state index contributed by atoms with van der Waals surface area (Å²) in [5, 5.41) is 2.85. The average molecular weight is 341 g/mol. The molecule has 3 aromatic rings. The highest BCUT2D eigenvalue weighted by Gasteiger charge is 2.10. The van der Waals surface area contributed by atoms with E-state index in [0.29, 0.717) is 29.7 Å². The molecule has 3 rings (SSSR count). The lowest BCUT2D eigenvalue weighted by Crippen LogP contribution is -2.36. The molecule has 2 aromatic heterocycles. The van der Waals surface area contributed by atoms with Crippen LogP contribution in [0.2, 0.25) is 0 Å². The van der Waals surface area contributed by atoms with Gasteiger partial charge in [-0.05, 0) is 31.5 Å². The van der Waals surface area contributed by atoms with Crippen LogP contribution in [-0.4, -0.2) is 31.6 Å². The van der Waals surface area contributed by atoms with Crippen LogP contribution >= 0.6 is 0 Å². The van der Waals surface area contributed by atoms with Gasteiger partial charge in [-0.3, -0.25) is 14.4 Å². The zero-order valence-electron chi connectivity index (χ0n) is 13.9. The highest BCUT2D eigenvalue weighted by Crippen LogP contribution is 2.11. The maximum Gasteiger partial charge on any atom is 0.316 e. The fraction of sp³-hybridized carbons (Fsp3) is 0.294. The van der Waals surface area contributed by atoms with E-state index in [4.69, 9.17) is 0 Å². The molecule has 8 heteroatoms. The summed E-state index contributed by atoms with van der Waals surface area (Å²) in [5.41, 5.74) is 0.229. The van der Waals surface area contributed by atoms with Gasteiger partial charge in [0.15, 0.2) is 0 Å². The zero-order valence-corrected chi connectivity index (χ0v) is 13.9. The number of nitrogens with one attached hydrogen (secondary N) is 2. The number of H-pyrrole nitrogens is 1. The van der Waals surface area contributed by atoms with Crippen molar-refractivity contribution in [2.75, 3.05) is 6.54 Å². The third-order valence-corrected chi connectivity index (χ3v) is 3.99. The van der Waals surface area contributed by atoms with Crippen molar-refractivity contribution < 1.29 is 4.79 Å². The number of carbonyl (C=O) groups is 1. The number of aromatic nitrogens is 4. The predicted molar refractivity (Wildman–Crippen MR) is 93.7 cm³/mol. The quantitative estimate of drug-likeness (QED) is 0.509. The van der Waals surface area contributed by atoms with Gasteiger partial charge in [0.05, 0.1) is 17.4 Å². The lowest BCUT2D eigenvalue weighted by molar-refractivity contribution is 0.0953. The number of imidazole rings is 1. The van der Waals surface area contributed by atoms with Crippen molar-refractivity contribution in [2.24, 2.45) is 0 Å². The monoisotopic (exact) mass is 341 g/mol. The molecular weight excluding hydrogens is 322 g/mol. The summed E-state index contributed by atoms with van der Waals surface area (Å²) >= 11 is 0. The molecule has 25 heavy (non-hydrogen) atoms. The molecule has 0 bridgehead atoms. The van der Waals surface area contributed by atoms with Crippen molar-refractivity contribution in [2.45, 2.75) is 26.4 Å². The second kappa shape index (κ2) is 7.16. The van der Waals surface area contributed by atoms with E-state index < -0.39 is 11.1 Å². The summed E-state index contributed by atoms with van der Waals surface area (Å²) in [6, 6.07) is 4.92. The van der Waals surface area contributed by atoms with E-state index in [2.05, 4.69) is 15.3 Å². The van der Waals surface area contributed by atoms with E-state index in [9.17, 15) is 14.4 Å². The van der Waals surface area contributed by atoms with Gasteiger partial charge in [-0.25, -0.2) is 4.98 Å². The van der Waals surface area contributed by atoms with Gasteiger partial charge in [0.1, 0.15) is 0 Å². The number of hydrogen-bond acceptors (Lipinski definition) is 4. The Bertz CT molecular complexity index is 1000. The van der Waals surface area contributed by atoms with Crippen molar-refractivity contribution >= 4 is 16.9 Å². The second-order valence-electron chi connectivity index (χ2n) is 5.65. The molecule has 0 saturated heterocycles. The van der Waals surface area contributed by atoms with Crippen LogP contribution in [0.1, 0.15) is 23.7 Å². The molecule has 0 aliphatic rings. The number of rotatable bonds is 6. The molecule has 130 valence electrons. The summed E-state index contributed by atoms with van der Waals surface area (Å²) in [5.74, 6) is -0.220. The molecule has 0 saturated carbocycles. The lowest BCUT2D eigenvalue weighted by atomic mass is 10.1. The van der Waals surface area contributed by atoms with Gasteiger partial charge in [0.2, 0.25) is 0 Å². The van der Waals surface area contributed by atoms with E-state index in [1.807, 2.05) is 10.8 Å². The number of nitrogens with zero attached hydrogens (tertiary/aromatic N) is 3. The molecule has 0 radical (unpaired) electrons. The van der Waals surface area contributed by atoms with Crippen LogP contribution in [-0.2, 0) is 13.1 Å². The van der Waals surface area contributed by atoms with Crippen LogP contribution in [0, 0.1) is 0 Å². The van der Waals surface area contributed by atoms with Crippen LogP contribution in [0.4, 0.5) is 0 Å². The third-order valence-electron chi connectivity index (χ3n) is 3.99. The predicted octanol–water partition coefficient (Wildman–Crippen LogP) is 0.726. The van der Waals surface area contributed by atoms with E-state index in [1.165, 1.54) is 4.57 Å². The molecule has 0 fully saturated rings. The number of aromatic amines is 1. The fourth-order valence-electron chi connectivity index (χ4n) is 2.72. The van der Waals surface area contributed by atoms with Gasteiger partial charge in [-0.15, -0.1) is 0 Å². The normalized spacial score (nSPS) is 10.9. The van der Waals surface area contributed by atoms with Gasteiger partial charge in [-0.2, -0.15) is 0 Å². The van der Waals surface area contributed by atoms with Crippen molar-refractivity contribution in [3.05, 3.63) is 63.2 Å². The maximum absolute atomic E-state index is 12.3. The molecule has 2 heterocycles. The molecule has 0 spiro atoms. The van der Waals surface area contributed by atoms with E-state index in [0.717, 1.165) is 13.0 Å². The molecule has 0 aliphatic carbocycles. The molecule has 0 unspecified atom stereocenters. The summed E-state index contributed by atoms with van der Waals surface area (Å²) in [7, 11) is 0. The topological polar surface area (TPSA) is 102 Å². The van der Waals surface area contributed by atoms with Crippen molar-refractivity contribution in [3.8, 4) is 0 Å². The summed E-state index contributed by atoms with van der Waals surface area (Å²) in [6.45, 7) is 3.48. The Morgan fingerprint density at radius 1 is 1.32 bits per heavy atom. The van der Waals surface area contributed by atoms with Crippen LogP contribution in [0.25, 0.3) is 11.0 Å². The fourth-order valence-corrected chi connectivity index (χ4v) is 2.72. The number of benzene rings is 1. The lowest BCUT2D eigenvalue weighted by Gasteiger charge is -2.09. The van der Waals surface area contributed by atoms with Gasteiger partial charge in [0.25, 0.3) is 5.91 Å². The molecule has 1 aromatic carbocycles. The van der Waals surface area contributed by atoms with E-state index in [-0.39, 0.29) is 5.91 Å². The first-order valence-electron chi connectivity index (χ1n) is 8.11. The molecule has 0 atom stereocenters. The van der Waals surface area contributed by atoms with Crippen LogP contribution in [0.3, 0.4) is 0 Å². The summed E-state index contributed by atoms with van der Waals surface area (Å²) in [4.78, 5) is 42.3. The van der Waals surface area contributed by atoms with Crippen LogP contribution < -0.4 is 16.4 Å². The highest BCUT2D eigenvalue weighted by atomic mass is 16.2. The number of fused-ring (bicyclic) bond motifs is 1. The maximum atomic E-state index is 12.3. The number of aryl methyl sites for hydroxylation is 2. The minimum absolute atomic E-state index is 0.220. The Morgan fingerprint density at radius 3 is 2.88 bits per heavy atom. The van der Waals surface area contributed by atoms with E-state index >= 15 is 0 Å². The van der Waals surface area contributed by atoms with Crippen molar-refractivity contribution in [1.29, 1.82) is 0 Å². The summed E-state index contributed by atoms with van der Waals surface area (Å²) in [6.07, 6.45) is 6.09. The Hall–Kier alpha value is -3.16. The molecule has 2 N–H and O–H groups in total. The minimum Gasteiger partial charge on any atom is -0.352 e.